The highest BCUT2D eigenvalue weighted by Crippen LogP contribution is 2.52. The summed E-state index contributed by atoms with van der Waals surface area (Å²) < 4.78 is 5.67. The maximum atomic E-state index is 11.6. The van der Waals surface area contributed by atoms with Gasteiger partial charge in [0.25, 0.3) is 5.91 Å². The predicted octanol–water partition coefficient (Wildman–Crippen LogP) is 2.31. The lowest BCUT2D eigenvalue weighted by Crippen LogP contribution is -2.47. The first kappa shape index (κ1) is 14.7. The number of nitrogens with two attached hydrogens (primary N) is 2. The molecule has 6 heteroatoms. The fourth-order valence-electron chi connectivity index (χ4n) is 3.17. The zero-order valence-electron chi connectivity index (χ0n) is 12.6. The van der Waals surface area contributed by atoms with Gasteiger partial charge in [0, 0.05) is 25.8 Å². The number of methoxy groups -OCH3 is 1. The second-order valence-electron chi connectivity index (χ2n) is 6.38. The van der Waals surface area contributed by atoms with Crippen LogP contribution in [-0.4, -0.2) is 31.7 Å². The molecule has 1 amide bonds. The van der Waals surface area contributed by atoms with Crippen LogP contribution in [0.2, 0.25) is 0 Å². The molecule has 2 fully saturated rings. The molecule has 5 nitrogen and oxygen atoms in total. The topological polar surface area (TPSA) is 81.6 Å². The van der Waals surface area contributed by atoms with Crippen molar-refractivity contribution in [2.24, 2.45) is 5.73 Å². The second-order valence-corrected chi connectivity index (χ2v) is 7.38. The van der Waals surface area contributed by atoms with Gasteiger partial charge in [-0.05, 0) is 38.5 Å². The monoisotopic (exact) mass is 309 g/mol. The fourth-order valence-corrected chi connectivity index (χ4v) is 4.36. The van der Waals surface area contributed by atoms with Gasteiger partial charge in [0.1, 0.15) is 4.88 Å². The summed E-state index contributed by atoms with van der Waals surface area (Å²) in [4.78, 5) is 14.4. The number of nitrogen functional groups attached to an aromatic ring is 1. The molecule has 1 aromatic rings. The molecule has 1 saturated carbocycles. The average molecular weight is 309 g/mol. The van der Waals surface area contributed by atoms with Crippen LogP contribution in [0.4, 0.5) is 10.7 Å². The molecule has 1 unspecified atom stereocenters. The van der Waals surface area contributed by atoms with Crippen LogP contribution in [0.15, 0.2) is 0 Å². The SMILES string of the molecule is COC1(C)CCCN(c2sc(C(N)=O)c(N)c2C2CC2)C1. The molecule has 0 radical (unpaired) electrons. The second kappa shape index (κ2) is 5.18. The van der Waals surface area contributed by atoms with Crippen molar-refractivity contribution in [3.05, 3.63) is 10.4 Å². The van der Waals surface area contributed by atoms with Gasteiger partial charge in [0.2, 0.25) is 0 Å². The third-order valence-electron chi connectivity index (χ3n) is 4.61. The lowest BCUT2D eigenvalue weighted by atomic mass is 9.94. The van der Waals surface area contributed by atoms with E-state index in [-0.39, 0.29) is 5.60 Å². The minimum atomic E-state index is -0.419. The van der Waals surface area contributed by atoms with E-state index < -0.39 is 5.91 Å². The van der Waals surface area contributed by atoms with E-state index in [1.54, 1.807) is 7.11 Å². The van der Waals surface area contributed by atoms with E-state index in [9.17, 15) is 4.79 Å². The molecule has 21 heavy (non-hydrogen) atoms. The van der Waals surface area contributed by atoms with Gasteiger partial charge in [-0.2, -0.15) is 0 Å². The number of hydrogen-bond acceptors (Lipinski definition) is 5. The van der Waals surface area contributed by atoms with Gasteiger partial charge in [-0.3, -0.25) is 4.79 Å². The summed E-state index contributed by atoms with van der Waals surface area (Å²) in [5.41, 5.74) is 13.3. The largest absolute Gasteiger partial charge is 0.397 e. The van der Waals surface area contributed by atoms with Crippen LogP contribution in [0, 0.1) is 0 Å². The minimum absolute atomic E-state index is 0.134. The summed E-state index contributed by atoms with van der Waals surface area (Å²) in [5.74, 6) is 0.0808. The number of piperidine rings is 1. The quantitative estimate of drug-likeness (QED) is 0.894. The van der Waals surface area contributed by atoms with Crippen LogP contribution >= 0.6 is 11.3 Å². The van der Waals surface area contributed by atoms with Crippen LogP contribution < -0.4 is 16.4 Å². The molecular formula is C15H23N3O2S. The lowest BCUT2D eigenvalue weighted by Gasteiger charge is -2.40. The molecule has 1 aromatic heterocycles. The zero-order chi connectivity index (χ0) is 15.2. The summed E-state index contributed by atoms with van der Waals surface area (Å²) in [6, 6.07) is 0. The lowest BCUT2D eigenvalue weighted by molar-refractivity contribution is -0.00454. The molecule has 0 spiro atoms. The number of nitrogens with zero attached hydrogens (tertiary/aromatic N) is 1. The highest BCUT2D eigenvalue weighted by Gasteiger charge is 2.37. The first-order valence-electron chi connectivity index (χ1n) is 7.47. The van der Waals surface area contributed by atoms with E-state index in [2.05, 4.69) is 11.8 Å². The predicted molar refractivity (Wildman–Crippen MR) is 86.1 cm³/mol. The van der Waals surface area contributed by atoms with Crippen molar-refractivity contribution < 1.29 is 9.53 Å². The Kier molecular flexibility index (Phi) is 3.61. The van der Waals surface area contributed by atoms with Crippen molar-refractivity contribution in [3.8, 4) is 0 Å². The van der Waals surface area contributed by atoms with Gasteiger partial charge < -0.3 is 21.1 Å². The summed E-state index contributed by atoms with van der Waals surface area (Å²) in [6.45, 7) is 3.96. The molecule has 1 aliphatic carbocycles. The number of hydrogen-bond donors (Lipinski definition) is 2. The number of carbonyl (C=O) groups is 1. The van der Waals surface area contributed by atoms with E-state index >= 15 is 0 Å². The summed E-state index contributed by atoms with van der Waals surface area (Å²) in [7, 11) is 1.77. The molecule has 1 aliphatic heterocycles. The molecule has 2 aliphatic rings. The van der Waals surface area contributed by atoms with Crippen molar-refractivity contribution in [2.75, 3.05) is 30.8 Å². The van der Waals surface area contributed by atoms with Crippen LogP contribution in [0.5, 0.6) is 0 Å². The van der Waals surface area contributed by atoms with Gasteiger partial charge in [-0.15, -0.1) is 11.3 Å². The maximum Gasteiger partial charge on any atom is 0.260 e. The minimum Gasteiger partial charge on any atom is -0.397 e. The van der Waals surface area contributed by atoms with Crippen LogP contribution in [0.3, 0.4) is 0 Å². The average Bonchev–Trinajstić information content (AvgIpc) is 3.22. The number of thiophene rings is 1. The van der Waals surface area contributed by atoms with Crippen molar-refractivity contribution in [2.45, 2.75) is 44.1 Å². The van der Waals surface area contributed by atoms with E-state index in [1.165, 1.54) is 11.3 Å². The standard InChI is InChI=1S/C15H23N3O2S/c1-15(20-2)6-3-7-18(8-15)14-10(9-4-5-9)11(16)12(21-14)13(17)19/h9H,3-8,16H2,1-2H3,(H2,17,19). The van der Waals surface area contributed by atoms with Crippen molar-refractivity contribution in [3.63, 3.8) is 0 Å². The Labute approximate surface area is 129 Å². The molecule has 2 heterocycles. The molecule has 0 aromatic carbocycles. The smallest absolute Gasteiger partial charge is 0.260 e. The van der Waals surface area contributed by atoms with Crippen LogP contribution in [0.25, 0.3) is 0 Å². The van der Waals surface area contributed by atoms with Gasteiger partial charge in [-0.25, -0.2) is 0 Å². The van der Waals surface area contributed by atoms with Crippen molar-refractivity contribution >= 4 is 27.9 Å². The Balaban J connectivity index is 1.97. The summed E-state index contributed by atoms with van der Waals surface area (Å²) >= 11 is 1.45. The number of primary amides is 1. The van der Waals surface area contributed by atoms with Gasteiger partial charge in [-0.1, -0.05) is 0 Å². The fraction of sp³-hybridized carbons (Fsp3) is 0.667. The van der Waals surface area contributed by atoms with Gasteiger partial charge in [0.05, 0.1) is 16.3 Å². The summed E-state index contributed by atoms with van der Waals surface area (Å²) in [6.07, 6.45) is 4.45. The number of ether oxygens (including phenoxy) is 1. The Morgan fingerprint density at radius 3 is 2.76 bits per heavy atom. The molecule has 4 N–H and O–H groups in total. The Morgan fingerprint density at radius 1 is 1.48 bits per heavy atom. The van der Waals surface area contributed by atoms with Gasteiger partial charge >= 0.3 is 0 Å². The number of rotatable bonds is 4. The Hall–Kier alpha value is -1.27. The zero-order valence-corrected chi connectivity index (χ0v) is 13.5. The third kappa shape index (κ3) is 2.62. The van der Waals surface area contributed by atoms with E-state index in [0.717, 1.165) is 49.3 Å². The van der Waals surface area contributed by atoms with Crippen molar-refractivity contribution in [1.29, 1.82) is 0 Å². The van der Waals surface area contributed by atoms with Crippen LogP contribution in [0.1, 0.15) is 53.8 Å². The van der Waals surface area contributed by atoms with E-state index in [0.29, 0.717) is 16.5 Å². The van der Waals surface area contributed by atoms with E-state index in [4.69, 9.17) is 16.2 Å². The van der Waals surface area contributed by atoms with Crippen LogP contribution in [-0.2, 0) is 4.74 Å². The Bertz CT molecular complexity index is 568. The van der Waals surface area contributed by atoms with Crippen molar-refractivity contribution in [1.82, 2.24) is 0 Å². The maximum absolute atomic E-state index is 11.6. The molecule has 1 saturated heterocycles. The number of carbonyl (C=O) groups excluding carboxylic acids is 1. The molecular weight excluding hydrogens is 286 g/mol. The molecule has 1 atom stereocenters. The van der Waals surface area contributed by atoms with Gasteiger partial charge in [0.15, 0.2) is 0 Å². The van der Waals surface area contributed by atoms with E-state index in [1.807, 2.05) is 0 Å². The normalized spacial score (nSPS) is 26.1. The highest BCUT2D eigenvalue weighted by molar-refractivity contribution is 7.18. The molecule has 0 bridgehead atoms. The molecule has 3 rings (SSSR count). The third-order valence-corrected chi connectivity index (χ3v) is 5.91. The number of anilines is 2. The number of amides is 1. The first-order valence-corrected chi connectivity index (χ1v) is 8.29. The summed E-state index contributed by atoms with van der Waals surface area (Å²) in [5, 5.41) is 1.13. The Morgan fingerprint density at radius 2 is 2.19 bits per heavy atom. The molecule has 116 valence electrons. The highest BCUT2D eigenvalue weighted by atomic mass is 32.1. The first-order chi connectivity index (χ1) is 9.95.